The van der Waals surface area contributed by atoms with E-state index in [1.807, 2.05) is 64.0 Å². The van der Waals surface area contributed by atoms with Gasteiger partial charge in [0.2, 0.25) is 0 Å². The molecule has 1 aromatic carbocycles. The van der Waals surface area contributed by atoms with Crippen LogP contribution in [-0.2, 0) is 5.41 Å². The van der Waals surface area contributed by atoms with Crippen molar-refractivity contribution in [3.8, 4) is 5.75 Å². The van der Waals surface area contributed by atoms with Gasteiger partial charge in [0.25, 0.3) is 5.91 Å². The van der Waals surface area contributed by atoms with Gasteiger partial charge in [-0.15, -0.1) is 0 Å². The summed E-state index contributed by atoms with van der Waals surface area (Å²) in [6.45, 7) is 10.8. The third kappa shape index (κ3) is 10.5. The van der Waals surface area contributed by atoms with Crippen molar-refractivity contribution in [2.45, 2.75) is 77.0 Å². The minimum absolute atomic E-state index is 0. The summed E-state index contributed by atoms with van der Waals surface area (Å²) in [5.41, 5.74) is 3.24. The van der Waals surface area contributed by atoms with E-state index >= 15 is 0 Å². The number of nitrogens with zero attached hydrogens (tertiary/aromatic N) is 4. The Balaban J connectivity index is 0.00000121. The van der Waals surface area contributed by atoms with Crippen molar-refractivity contribution in [3.63, 3.8) is 0 Å². The lowest BCUT2D eigenvalue weighted by Crippen LogP contribution is -2.36. The molecule has 12 nitrogen and oxygen atoms in total. The standard InChI is InChI=1S/C31H40N8O3.C6H13N.3H2/c1-31(2,3)27-17-20(16-25(36-27)29(40)34-14-15-38(4)5)35-30(41)37-24-11-12-26(23-9-7-6-8-22(23)24)42-21-10-13-28(33)39(18-21)19-32;1-6-4-3-5-7(6)2;;;/h6-10,13,16-19,24,26,32-33H,11-12,14-15H2,1-5H3,(H,34,40)(H2,35,36,37,41);6H,3-5H2,1-2H3;3*1H/t24-,26+;6-;;;/m00.../s1. The normalized spacial score (nSPS) is 18.9. The minimum atomic E-state index is -0.378. The summed E-state index contributed by atoms with van der Waals surface area (Å²) in [7, 11) is 6.07. The van der Waals surface area contributed by atoms with Crippen LogP contribution < -0.4 is 26.2 Å². The van der Waals surface area contributed by atoms with E-state index in [1.165, 1.54) is 24.0 Å². The Morgan fingerprint density at radius 2 is 1.84 bits per heavy atom. The summed E-state index contributed by atoms with van der Waals surface area (Å²) >= 11 is 0. The molecule has 1 aliphatic carbocycles. The highest BCUT2D eigenvalue weighted by molar-refractivity contribution is 5.95. The lowest BCUT2D eigenvalue weighted by Gasteiger charge is -2.32. The first-order valence-corrected chi connectivity index (χ1v) is 17.0. The quantitative estimate of drug-likeness (QED) is 0.138. The molecule has 3 atom stereocenters. The zero-order valence-electron chi connectivity index (χ0n) is 30.0. The Morgan fingerprint density at radius 3 is 2.45 bits per heavy atom. The number of benzene rings is 1. The van der Waals surface area contributed by atoms with Crippen molar-refractivity contribution in [3.05, 3.63) is 82.7 Å². The van der Waals surface area contributed by atoms with Crippen LogP contribution in [0, 0.1) is 10.8 Å². The fourth-order valence-corrected chi connectivity index (χ4v) is 5.85. The molecule has 0 unspecified atom stereocenters. The van der Waals surface area contributed by atoms with Gasteiger partial charge in [-0.05, 0) is 95.7 Å². The summed E-state index contributed by atoms with van der Waals surface area (Å²) in [5.74, 6) is 0.273. The van der Waals surface area contributed by atoms with Crippen molar-refractivity contribution in [1.82, 2.24) is 30.0 Å². The van der Waals surface area contributed by atoms with Crippen LogP contribution in [0.25, 0.3) is 0 Å². The molecule has 2 aromatic heterocycles. The molecule has 270 valence electrons. The predicted molar refractivity (Wildman–Crippen MR) is 200 cm³/mol. The molecule has 3 aromatic rings. The van der Waals surface area contributed by atoms with Crippen molar-refractivity contribution >= 4 is 24.0 Å². The van der Waals surface area contributed by atoms with Gasteiger partial charge in [0.15, 0.2) is 0 Å². The largest absolute Gasteiger partial charge is 0.484 e. The molecule has 1 fully saturated rings. The number of likely N-dealkylation sites (tertiary alicyclic amines) is 1. The summed E-state index contributed by atoms with van der Waals surface area (Å²) in [5, 5.41) is 24.3. The molecule has 0 radical (unpaired) electrons. The second-order valence-electron chi connectivity index (χ2n) is 14.2. The van der Waals surface area contributed by atoms with Crippen molar-refractivity contribution in [1.29, 1.82) is 10.8 Å². The zero-order chi connectivity index (χ0) is 35.7. The smallest absolute Gasteiger partial charge is 0.319 e. The molecule has 3 heterocycles. The molecule has 0 bridgehead atoms. The molecular weight excluding hydrogens is 618 g/mol. The Bertz CT molecular complexity index is 1670. The molecule has 1 saturated heterocycles. The average molecular weight is 678 g/mol. The number of ether oxygens (including phenoxy) is 1. The Morgan fingerprint density at radius 1 is 1.10 bits per heavy atom. The van der Waals surface area contributed by atoms with E-state index in [0.29, 0.717) is 43.1 Å². The lowest BCUT2D eigenvalue weighted by atomic mass is 9.85. The highest BCUT2D eigenvalue weighted by Gasteiger charge is 2.30. The number of urea groups is 1. The van der Waals surface area contributed by atoms with Gasteiger partial charge in [-0.25, -0.2) is 9.78 Å². The number of rotatable bonds is 9. The summed E-state index contributed by atoms with van der Waals surface area (Å²) < 4.78 is 7.64. The molecule has 3 amide bonds. The highest BCUT2D eigenvalue weighted by atomic mass is 16.5. The number of anilines is 1. The van der Waals surface area contributed by atoms with Crippen molar-refractivity contribution in [2.75, 3.05) is 46.1 Å². The van der Waals surface area contributed by atoms with E-state index in [4.69, 9.17) is 15.6 Å². The number of amides is 3. The zero-order valence-corrected chi connectivity index (χ0v) is 30.0. The average Bonchev–Trinajstić information content (AvgIpc) is 3.44. The molecule has 1 aliphatic heterocycles. The monoisotopic (exact) mass is 677 g/mol. The summed E-state index contributed by atoms with van der Waals surface area (Å²) in [6.07, 6.45) is 6.56. The van der Waals surface area contributed by atoms with Gasteiger partial charge in [0.1, 0.15) is 23.0 Å². The Kier molecular flexibility index (Phi) is 12.7. The second-order valence-corrected chi connectivity index (χ2v) is 14.2. The fourth-order valence-electron chi connectivity index (χ4n) is 5.85. The van der Waals surface area contributed by atoms with Crippen LogP contribution in [0.15, 0.2) is 54.7 Å². The molecule has 0 saturated carbocycles. The van der Waals surface area contributed by atoms with Gasteiger partial charge in [-0.3, -0.25) is 20.2 Å². The third-order valence-corrected chi connectivity index (χ3v) is 8.92. The number of hydrogen-bond donors (Lipinski definition) is 5. The van der Waals surface area contributed by atoms with E-state index in [9.17, 15) is 9.59 Å². The van der Waals surface area contributed by atoms with E-state index < -0.39 is 0 Å². The number of hydrogen-bond acceptors (Lipinski definition) is 8. The van der Waals surface area contributed by atoms with Crippen molar-refractivity contribution < 1.29 is 18.6 Å². The van der Waals surface area contributed by atoms with Gasteiger partial charge in [-0.2, -0.15) is 0 Å². The predicted octanol–water partition coefficient (Wildman–Crippen LogP) is 6.02. The topological polar surface area (TPSA) is 151 Å². The molecule has 5 rings (SSSR count). The van der Waals surface area contributed by atoms with E-state index in [2.05, 4.69) is 39.8 Å². The first-order chi connectivity index (χ1) is 23.2. The number of carbonyl (C=O) groups is 2. The van der Waals surface area contributed by atoms with E-state index in [1.54, 1.807) is 30.5 Å². The third-order valence-electron chi connectivity index (χ3n) is 8.92. The molecular formula is C37H59N9O3. The maximum absolute atomic E-state index is 13.2. The van der Waals surface area contributed by atoms with Crippen LogP contribution in [0.3, 0.4) is 0 Å². The Labute approximate surface area is 294 Å². The van der Waals surface area contributed by atoms with Crippen LogP contribution in [0.4, 0.5) is 10.5 Å². The number of fused-ring (bicyclic) bond motifs is 1. The fraction of sp³-hybridized carbons (Fsp3) is 0.486. The van der Waals surface area contributed by atoms with Gasteiger partial charge in [-0.1, -0.05) is 45.0 Å². The maximum Gasteiger partial charge on any atom is 0.319 e. The van der Waals surface area contributed by atoms with Crippen molar-refractivity contribution in [2.24, 2.45) is 0 Å². The van der Waals surface area contributed by atoms with Crippen LogP contribution in [0.2, 0.25) is 0 Å². The number of pyridine rings is 2. The SMILES string of the molecule is CN(C)CCNC(=O)c1cc(NC(=O)N[C@H]2CC[C@@H](Oc3ccc(=N)n(C=N)c3)c3ccccc32)cc(C(C)(C)C)n1.C[C@H]1CCCN1C.[HH].[HH].[HH]. The number of likely N-dealkylation sites (N-methyl/N-ethyl adjacent to an activating group) is 1. The second kappa shape index (κ2) is 16.7. The van der Waals surface area contributed by atoms with Crippen LogP contribution >= 0.6 is 0 Å². The first-order valence-electron chi connectivity index (χ1n) is 17.0. The number of nitrogens with one attached hydrogen (secondary N) is 5. The van der Waals surface area contributed by atoms with Gasteiger partial charge < -0.3 is 30.5 Å². The summed E-state index contributed by atoms with van der Waals surface area (Å²) in [6, 6.07) is 14.8. The maximum atomic E-state index is 13.2. The summed E-state index contributed by atoms with van der Waals surface area (Å²) in [4.78, 5) is 35.1. The van der Waals surface area contributed by atoms with Crippen LogP contribution in [0.5, 0.6) is 5.75 Å². The number of aromatic nitrogens is 2. The molecule has 0 spiro atoms. The van der Waals surface area contributed by atoms with Crippen LogP contribution in [-0.4, -0.2) is 84.4 Å². The van der Waals surface area contributed by atoms with E-state index in [-0.39, 0.29) is 45.0 Å². The van der Waals surface area contributed by atoms with Crippen LogP contribution in [0.1, 0.15) is 97.1 Å². The molecule has 12 heteroatoms. The first kappa shape index (κ1) is 37.3. The molecule has 5 N–H and O–H groups in total. The molecule has 2 aliphatic rings. The number of carbonyl (C=O) groups excluding carboxylic acids is 2. The highest BCUT2D eigenvalue weighted by Crippen LogP contribution is 2.38. The van der Waals surface area contributed by atoms with E-state index in [0.717, 1.165) is 23.5 Å². The van der Waals surface area contributed by atoms with Gasteiger partial charge in [0, 0.05) is 40.2 Å². The Hall–Kier alpha value is -4.55. The van der Waals surface area contributed by atoms with Gasteiger partial charge in [0.05, 0.1) is 18.6 Å². The van der Waals surface area contributed by atoms with Gasteiger partial charge >= 0.3 is 6.03 Å². The lowest BCUT2D eigenvalue weighted by molar-refractivity contribution is 0.0945. The minimum Gasteiger partial charge on any atom is -0.484 e. The molecule has 49 heavy (non-hydrogen) atoms.